The summed E-state index contributed by atoms with van der Waals surface area (Å²) in [5.41, 5.74) is 0.642. The highest BCUT2D eigenvalue weighted by molar-refractivity contribution is 7.54. The second kappa shape index (κ2) is 9.99. The average molecular weight is 407 g/mol. The number of nitrogens with one attached hydrogen (secondary N) is 2. The van der Waals surface area contributed by atoms with E-state index in [0.717, 1.165) is 0 Å². The molecule has 4 N–H and O–H groups in total. The van der Waals surface area contributed by atoms with Gasteiger partial charge in [-0.05, 0) is 17.7 Å². The predicted molar refractivity (Wildman–Crippen MR) is 89.0 cm³/mol. The quantitative estimate of drug-likeness (QED) is 0.327. The van der Waals surface area contributed by atoms with Crippen molar-refractivity contribution in [2.75, 3.05) is 24.8 Å². The molecular weight excluding hydrogens is 389 g/mol. The first-order valence-electron chi connectivity index (χ1n) is 6.49. The molecule has 0 saturated carbocycles. The van der Waals surface area contributed by atoms with Gasteiger partial charge in [-0.3, -0.25) is 14.4 Å². The minimum atomic E-state index is -4.59. The molecule has 12 heteroatoms. The zero-order chi connectivity index (χ0) is 17.3. The van der Waals surface area contributed by atoms with E-state index in [9.17, 15) is 9.13 Å². The van der Waals surface area contributed by atoms with Gasteiger partial charge in [-0.15, -0.1) is 23.2 Å². The number of phosphoric acid groups is 1. The van der Waals surface area contributed by atoms with E-state index < -0.39 is 15.5 Å². The van der Waals surface area contributed by atoms with Gasteiger partial charge in [-0.1, -0.05) is 12.1 Å². The molecule has 0 saturated heterocycles. The van der Waals surface area contributed by atoms with Gasteiger partial charge in [0.25, 0.3) is 0 Å². The molecule has 0 aromatic heterocycles. The lowest BCUT2D eigenvalue weighted by Gasteiger charge is -2.19. The van der Waals surface area contributed by atoms with E-state index in [1.54, 1.807) is 12.1 Å². The second-order valence-electron chi connectivity index (χ2n) is 4.24. The first-order chi connectivity index (χ1) is 10.8. The molecule has 132 valence electrons. The monoisotopic (exact) mass is 406 g/mol. The Morgan fingerprint density at radius 1 is 1.00 bits per heavy atom. The standard InChI is InChI=1S/C11H18Cl2N2O6P2/c12-5-7-14-22(16,15-8-6-13)20-9-10-1-3-11(4-2-10)21-23(17,18)19/h1-4H,5-9H2,(H2,14,15,16)(H2,17,18,19). The van der Waals surface area contributed by atoms with Crippen LogP contribution < -0.4 is 14.7 Å². The molecule has 0 bridgehead atoms. The Morgan fingerprint density at radius 2 is 1.52 bits per heavy atom. The first kappa shape index (κ1) is 20.9. The maximum atomic E-state index is 12.5. The minimum Gasteiger partial charge on any atom is -0.404 e. The summed E-state index contributed by atoms with van der Waals surface area (Å²) in [7, 11) is -7.88. The number of halogens is 2. The molecule has 0 unspecified atom stereocenters. The van der Waals surface area contributed by atoms with Crippen molar-refractivity contribution >= 4 is 38.7 Å². The van der Waals surface area contributed by atoms with Gasteiger partial charge in [0, 0.05) is 24.8 Å². The van der Waals surface area contributed by atoms with Gasteiger partial charge in [0.05, 0.1) is 6.61 Å². The van der Waals surface area contributed by atoms with Crippen LogP contribution in [-0.2, 0) is 20.3 Å². The number of phosphoric ester groups is 1. The lowest BCUT2D eigenvalue weighted by atomic mass is 10.2. The smallest absolute Gasteiger partial charge is 0.404 e. The van der Waals surface area contributed by atoms with E-state index in [1.165, 1.54) is 12.1 Å². The number of hydrogen-bond acceptors (Lipinski definition) is 4. The van der Waals surface area contributed by atoms with Crippen molar-refractivity contribution in [1.29, 1.82) is 0 Å². The lowest BCUT2D eigenvalue weighted by molar-refractivity contribution is 0.283. The van der Waals surface area contributed by atoms with Crippen LogP contribution in [0, 0.1) is 0 Å². The third-order valence-electron chi connectivity index (χ3n) is 2.39. The predicted octanol–water partition coefficient (Wildman–Crippen LogP) is 2.44. The molecule has 1 rings (SSSR count). The molecule has 1 aromatic rings. The van der Waals surface area contributed by atoms with Crippen LogP contribution in [0.15, 0.2) is 24.3 Å². The fourth-order valence-electron chi connectivity index (χ4n) is 1.48. The number of rotatable bonds is 11. The van der Waals surface area contributed by atoms with Crippen LogP contribution in [-0.4, -0.2) is 34.6 Å². The summed E-state index contributed by atoms with van der Waals surface area (Å²) in [5, 5.41) is 5.39. The number of benzene rings is 1. The SMILES string of the molecule is O=P(O)(O)Oc1ccc(COP(=O)(NCCCl)NCCCl)cc1. The maximum absolute atomic E-state index is 12.5. The summed E-state index contributed by atoms with van der Waals surface area (Å²) in [4.78, 5) is 17.4. The van der Waals surface area contributed by atoms with E-state index in [0.29, 0.717) is 18.7 Å². The Kier molecular flexibility index (Phi) is 9.08. The van der Waals surface area contributed by atoms with E-state index in [2.05, 4.69) is 14.7 Å². The third-order valence-corrected chi connectivity index (χ3v) is 4.99. The molecule has 0 aliphatic heterocycles. The van der Waals surface area contributed by atoms with Crippen molar-refractivity contribution in [3.8, 4) is 5.75 Å². The van der Waals surface area contributed by atoms with Crippen LogP contribution in [0.2, 0.25) is 0 Å². The summed E-state index contributed by atoms with van der Waals surface area (Å²) < 4.78 is 33.0. The molecule has 0 aliphatic carbocycles. The summed E-state index contributed by atoms with van der Waals surface area (Å²) >= 11 is 11.1. The van der Waals surface area contributed by atoms with Gasteiger partial charge < -0.3 is 9.05 Å². The Labute approximate surface area is 144 Å². The molecule has 0 fully saturated rings. The Hall–Kier alpha value is -0.140. The van der Waals surface area contributed by atoms with Gasteiger partial charge in [0.2, 0.25) is 0 Å². The molecule has 0 atom stereocenters. The summed E-state index contributed by atoms with van der Waals surface area (Å²) in [6.45, 7) is 0.602. The largest absolute Gasteiger partial charge is 0.524 e. The van der Waals surface area contributed by atoms with Crippen LogP contribution in [0.3, 0.4) is 0 Å². The van der Waals surface area contributed by atoms with Crippen LogP contribution in [0.1, 0.15) is 5.56 Å². The number of alkyl halides is 2. The van der Waals surface area contributed by atoms with E-state index in [4.69, 9.17) is 37.5 Å². The second-order valence-corrected chi connectivity index (χ2v) is 8.16. The molecule has 0 spiro atoms. The van der Waals surface area contributed by atoms with Gasteiger partial charge in [-0.25, -0.2) is 14.7 Å². The zero-order valence-electron chi connectivity index (χ0n) is 12.0. The van der Waals surface area contributed by atoms with E-state index in [1.807, 2.05) is 0 Å². The molecule has 1 aromatic carbocycles. The van der Waals surface area contributed by atoms with Crippen molar-refractivity contribution in [3.05, 3.63) is 29.8 Å². The van der Waals surface area contributed by atoms with Crippen LogP contribution in [0.5, 0.6) is 5.75 Å². The Bertz CT molecular complexity index is 556. The Balaban J connectivity index is 2.63. The molecular formula is C11H18Cl2N2O6P2. The van der Waals surface area contributed by atoms with Gasteiger partial charge in [0.1, 0.15) is 5.75 Å². The van der Waals surface area contributed by atoms with Crippen molar-refractivity contribution in [3.63, 3.8) is 0 Å². The van der Waals surface area contributed by atoms with E-state index >= 15 is 0 Å². The number of hydrogen-bond donors (Lipinski definition) is 4. The molecule has 0 aliphatic rings. The van der Waals surface area contributed by atoms with Crippen LogP contribution in [0.25, 0.3) is 0 Å². The third kappa shape index (κ3) is 9.05. The van der Waals surface area contributed by atoms with Gasteiger partial charge in [0.15, 0.2) is 0 Å². The molecule has 23 heavy (non-hydrogen) atoms. The highest BCUT2D eigenvalue weighted by Crippen LogP contribution is 2.39. The van der Waals surface area contributed by atoms with Crippen molar-refractivity contribution < 1.29 is 28.0 Å². The molecule has 0 heterocycles. The van der Waals surface area contributed by atoms with Gasteiger partial charge in [-0.2, -0.15) is 0 Å². The van der Waals surface area contributed by atoms with Gasteiger partial charge >= 0.3 is 15.5 Å². The molecule has 0 radical (unpaired) electrons. The molecule has 0 amide bonds. The van der Waals surface area contributed by atoms with E-state index in [-0.39, 0.29) is 24.1 Å². The summed E-state index contributed by atoms with van der Waals surface area (Å²) in [6, 6.07) is 5.83. The van der Waals surface area contributed by atoms with Crippen LogP contribution >= 0.6 is 38.7 Å². The average Bonchev–Trinajstić information content (AvgIpc) is 2.49. The first-order valence-corrected chi connectivity index (χ1v) is 10.7. The lowest BCUT2D eigenvalue weighted by Crippen LogP contribution is -2.27. The van der Waals surface area contributed by atoms with Crippen molar-refractivity contribution in [2.24, 2.45) is 0 Å². The molecule has 8 nitrogen and oxygen atoms in total. The summed E-state index contributed by atoms with van der Waals surface area (Å²) in [5.74, 6) is 0.556. The normalized spacial score (nSPS) is 12.3. The fraction of sp³-hybridized carbons (Fsp3) is 0.455. The topological polar surface area (TPSA) is 117 Å². The highest BCUT2D eigenvalue weighted by atomic mass is 35.5. The minimum absolute atomic E-state index is 0.0119. The maximum Gasteiger partial charge on any atom is 0.524 e. The Morgan fingerprint density at radius 3 is 1.96 bits per heavy atom. The van der Waals surface area contributed by atoms with Crippen molar-refractivity contribution in [2.45, 2.75) is 6.61 Å². The van der Waals surface area contributed by atoms with Crippen molar-refractivity contribution in [1.82, 2.24) is 10.2 Å². The van der Waals surface area contributed by atoms with Crippen LogP contribution in [0.4, 0.5) is 0 Å². The summed E-state index contributed by atoms with van der Waals surface area (Å²) in [6.07, 6.45) is 0. The highest BCUT2D eigenvalue weighted by Gasteiger charge is 2.21. The fourth-order valence-corrected chi connectivity index (χ4v) is 3.76. The zero-order valence-corrected chi connectivity index (χ0v) is 15.3.